The summed E-state index contributed by atoms with van der Waals surface area (Å²) in [6.45, 7) is 4.71. The van der Waals surface area contributed by atoms with Crippen LogP contribution in [0.4, 0.5) is 5.69 Å². The molecule has 1 saturated carbocycles. The summed E-state index contributed by atoms with van der Waals surface area (Å²) in [4.78, 5) is 2.38. The molecule has 19 heavy (non-hydrogen) atoms. The van der Waals surface area contributed by atoms with Gasteiger partial charge in [0.15, 0.2) is 0 Å². The van der Waals surface area contributed by atoms with Gasteiger partial charge in [-0.15, -0.1) is 0 Å². The number of amidine groups is 1. The third-order valence-electron chi connectivity index (χ3n) is 4.29. The van der Waals surface area contributed by atoms with Crippen LogP contribution in [0.15, 0.2) is 24.3 Å². The van der Waals surface area contributed by atoms with Crippen molar-refractivity contribution in [3.05, 3.63) is 29.8 Å². The Hall–Kier alpha value is -1.51. The number of nitrogens with zero attached hydrogens (tertiary/aromatic N) is 1. The summed E-state index contributed by atoms with van der Waals surface area (Å²) < 4.78 is 0. The summed E-state index contributed by atoms with van der Waals surface area (Å²) in [6.07, 6.45) is 3.90. The van der Waals surface area contributed by atoms with Crippen LogP contribution in [0.2, 0.25) is 0 Å². The fourth-order valence-corrected chi connectivity index (χ4v) is 3.31. The average molecular weight is 259 g/mol. The molecule has 3 heteroatoms. The smallest absolute Gasteiger partial charge is 0.122 e. The number of rotatable bonds is 3. The van der Waals surface area contributed by atoms with E-state index >= 15 is 0 Å². The third-order valence-corrected chi connectivity index (χ3v) is 4.29. The van der Waals surface area contributed by atoms with E-state index in [-0.39, 0.29) is 5.84 Å². The van der Waals surface area contributed by atoms with Crippen LogP contribution in [0.3, 0.4) is 0 Å². The molecular weight excluding hydrogens is 234 g/mol. The molecule has 1 aromatic rings. The fourth-order valence-electron chi connectivity index (χ4n) is 3.31. The predicted molar refractivity (Wildman–Crippen MR) is 81.8 cm³/mol. The molecule has 1 aliphatic rings. The van der Waals surface area contributed by atoms with Crippen molar-refractivity contribution in [3.8, 4) is 0 Å². The molecule has 0 bridgehead atoms. The zero-order valence-corrected chi connectivity index (χ0v) is 12.2. The molecule has 0 radical (unpaired) electrons. The summed E-state index contributed by atoms with van der Waals surface area (Å²) in [5.41, 5.74) is 7.50. The average Bonchev–Trinajstić information content (AvgIpc) is 2.37. The summed E-state index contributed by atoms with van der Waals surface area (Å²) in [5.74, 6) is 1.76. The van der Waals surface area contributed by atoms with Gasteiger partial charge in [-0.1, -0.05) is 13.8 Å². The van der Waals surface area contributed by atoms with Gasteiger partial charge in [-0.25, -0.2) is 0 Å². The number of hydrogen-bond donors (Lipinski definition) is 2. The topological polar surface area (TPSA) is 53.1 Å². The highest BCUT2D eigenvalue weighted by Crippen LogP contribution is 2.33. The van der Waals surface area contributed by atoms with Gasteiger partial charge in [0, 0.05) is 24.3 Å². The van der Waals surface area contributed by atoms with Crippen LogP contribution in [0.5, 0.6) is 0 Å². The van der Waals surface area contributed by atoms with E-state index in [0.717, 1.165) is 17.4 Å². The molecule has 1 aliphatic carbocycles. The molecule has 0 saturated heterocycles. The SMILES string of the molecule is CC1CC(C)CC(N(C)c2ccc(C(=N)N)cc2)C1. The second-order valence-corrected chi connectivity index (χ2v) is 6.14. The van der Waals surface area contributed by atoms with Crippen LogP contribution in [0.1, 0.15) is 38.7 Å². The minimum absolute atomic E-state index is 0.133. The van der Waals surface area contributed by atoms with Crippen LogP contribution in [-0.2, 0) is 0 Å². The Bertz CT molecular complexity index is 428. The molecule has 2 atom stereocenters. The van der Waals surface area contributed by atoms with Gasteiger partial charge in [0.1, 0.15) is 5.84 Å². The lowest BCUT2D eigenvalue weighted by atomic mass is 9.80. The Kier molecular flexibility index (Phi) is 4.13. The van der Waals surface area contributed by atoms with Crippen LogP contribution in [0, 0.1) is 17.2 Å². The zero-order valence-electron chi connectivity index (χ0n) is 12.2. The Labute approximate surface area is 116 Å². The van der Waals surface area contributed by atoms with Gasteiger partial charge < -0.3 is 10.6 Å². The summed E-state index contributed by atoms with van der Waals surface area (Å²) in [5, 5.41) is 7.43. The molecule has 0 heterocycles. The van der Waals surface area contributed by atoms with Crippen molar-refractivity contribution in [2.75, 3.05) is 11.9 Å². The van der Waals surface area contributed by atoms with E-state index in [1.807, 2.05) is 12.1 Å². The first kappa shape index (κ1) is 13.9. The van der Waals surface area contributed by atoms with Gasteiger partial charge >= 0.3 is 0 Å². The van der Waals surface area contributed by atoms with Crippen LogP contribution < -0.4 is 10.6 Å². The van der Waals surface area contributed by atoms with E-state index in [2.05, 4.69) is 37.9 Å². The van der Waals surface area contributed by atoms with Crippen molar-refractivity contribution in [1.82, 2.24) is 0 Å². The maximum absolute atomic E-state index is 7.43. The molecule has 3 N–H and O–H groups in total. The summed E-state index contributed by atoms with van der Waals surface area (Å²) >= 11 is 0. The third kappa shape index (κ3) is 3.28. The van der Waals surface area contributed by atoms with Crippen LogP contribution in [-0.4, -0.2) is 18.9 Å². The molecular formula is C16H25N3. The van der Waals surface area contributed by atoms with Crippen molar-refractivity contribution in [1.29, 1.82) is 5.41 Å². The fraction of sp³-hybridized carbons (Fsp3) is 0.562. The molecule has 0 spiro atoms. The molecule has 2 unspecified atom stereocenters. The number of benzene rings is 1. The number of nitrogens with one attached hydrogen (secondary N) is 1. The minimum Gasteiger partial charge on any atom is -0.384 e. The Morgan fingerprint density at radius 1 is 1.11 bits per heavy atom. The Morgan fingerprint density at radius 2 is 1.63 bits per heavy atom. The monoisotopic (exact) mass is 259 g/mol. The van der Waals surface area contributed by atoms with E-state index in [4.69, 9.17) is 11.1 Å². The highest BCUT2D eigenvalue weighted by atomic mass is 15.1. The number of nitrogens with two attached hydrogens (primary N) is 1. The lowest BCUT2D eigenvalue weighted by Gasteiger charge is -2.38. The molecule has 1 fully saturated rings. The first-order chi connectivity index (χ1) is 8.97. The van der Waals surface area contributed by atoms with Gasteiger partial charge in [0.05, 0.1) is 0 Å². The lowest BCUT2D eigenvalue weighted by molar-refractivity contribution is 0.264. The summed E-state index contributed by atoms with van der Waals surface area (Å²) in [6, 6.07) is 8.64. The van der Waals surface area contributed by atoms with Gasteiger partial charge in [-0.3, -0.25) is 5.41 Å². The molecule has 1 aromatic carbocycles. The van der Waals surface area contributed by atoms with E-state index in [1.54, 1.807) is 0 Å². The molecule has 0 aromatic heterocycles. The minimum atomic E-state index is 0.133. The van der Waals surface area contributed by atoms with Gasteiger partial charge in [-0.2, -0.15) is 0 Å². The van der Waals surface area contributed by atoms with Crippen molar-refractivity contribution in [3.63, 3.8) is 0 Å². The van der Waals surface area contributed by atoms with Crippen molar-refractivity contribution >= 4 is 11.5 Å². The van der Waals surface area contributed by atoms with Crippen molar-refractivity contribution < 1.29 is 0 Å². The quantitative estimate of drug-likeness (QED) is 0.647. The van der Waals surface area contributed by atoms with E-state index < -0.39 is 0 Å². The lowest BCUT2D eigenvalue weighted by Crippen LogP contribution is -2.38. The number of nitrogen functional groups attached to an aromatic ring is 1. The second kappa shape index (κ2) is 5.64. The van der Waals surface area contributed by atoms with Gasteiger partial charge in [0.25, 0.3) is 0 Å². The zero-order chi connectivity index (χ0) is 14.0. The van der Waals surface area contributed by atoms with E-state index in [1.165, 1.54) is 24.9 Å². The van der Waals surface area contributed by atoms with Gasteiger partial charge in [0.2, 0.25) is 0 Å². The standard InChI is InChI=1S/C16H25N3/c1-11-8-12(2)10-15(9-11)19(3)14-6-4-13(5-7-14)16(17)18/h4-7,11-12,15H,8-10H2,1-3H3,(H3,17,18). The largest absolute Gasteiger partial charge is 0.384 e. The Morgan fingerprint density at radius 3 is 2.11 bits per heavy atom. The number of hydrogen-bond acceptors (Lipinski definition) is 2. The van der Waals surface area contributed by atoms with E-state index in [9.17, 15) is 0 Å². The highest BCUT2D eigenvalue weighted by molar-refractivity contribution is 5.95. The van der Waals surface area contributed by atoms with Crippen LogP contribution >= 0.6 is 0 Å². The first-order valence-electron chi connectivity index (χ1n) is 7.14. The maximum Gasteiger partial charge on any atom is 0.122 e. The normalized spacial score (nSPS) is 27.0. The highest BCUT2D eigenvalue weighted by Gasteiger charge is 2.26. The molecule has 3 nitrogen and oxygen atoms in total. The second-order valence-electron chi connectivity index (χ2n) is 6.14. The molecule has 2 rings (SSSR count). The summed E-state index contributed by atoms with van der Waals surface area (Å²) in [7, 11) is 2.18. The van der Waals surface area contributed by atoms with Crippen molar-refractivity contribution in [2.24, 2.45) is 17.6 Å². The van der Waals surface area contributed by atoms with Gasteiger partial charge in [-0.05, 0) is 55.4 Å². The van der Waals surface area contributed by atoms with Crippen molar-refractivity contribution in [2.45, 2.75) is 39.2 Å². The molecule has 0 aliphatic heterocycles. The number of anilines is 1. The molecule has 0 amide bonds. The van der Waals surface area contributed by atoms with E-state index in [0.29, 0.717) is 6.04 Å². The molecule has 104 valence electrons. The first-order valence-corrected chi connectivity index (χ1v) is 7.14. The maximum atomic E-state index is 7.43. The Balaban J connectivity index is 2.10. The van der Waals surface area contributed by atoms with Crippen LogP contribution in [0.25, 0.3) is 0 Å². The predicted octanol–water partition coefficient (Wildman–Crippen LogP) is 3.23.